The first-order valence-corrected chi connectivity index (χ1v) is 4.95. The number of benzene rings is 1. The third-order valence-corrected chi connectivity index (χ3v) is 2.11. The van der Waals surface area contributed by atoms with Crippen LogP contribution in [0.3, 0.4) is 0 Å². The van der Waals surface area contributed by atoms with Crippen LogP contribution in [0.25, 0.3) is 0 Å². The van der Waals surface area contributed by atoms with Crippen LogP contribution in [0.15, 0.2) is 12.1 Å². The molecule has 0 N–H and O–H groups in total. The molecular formula is C11H11ClO4. The minimum absolute atomic E-state index is 0.216. The minimum Gasteiger partial charge on any atom is -0.426 e. The summed E-state index contributed by atoms with van der Waals surface area (Å²) in [5, 5.41) is 0.295. The second-order valence-corrected chi connectivity index (χ2v) is 3.59. The number of hydrogen-bond donors (Lipinski definition) is 0. The zero-order valence-corrected chi connectivity index (χ0v) is 9.92. The number of carbonyl (C=O) groups excluding carboxylic acids is 2. The first-order chi connectivity index (χ1) is 7.41. The van der Waals surface area contributed by atoms with Crippen LogP contribution >= 0.6 is 11.6 Å². The SMILES string of the molecule is CC(=O)Oc1ccc(Cl)c(OC(C)=O)c1C. The zero-order valence-electron chi connectivity index (χ0n) is 9.17. The van der Waals surface area contributed by atoms with Gasteiger partial charge in [0.2, 0.25) is 0 Å². The van der Waals surface area contributed by atoms with Crippen molar-refractivity contribution in [2.24, 2.45) is 0 Å². The van der Waals surface area contributed by atoms with Crippen molar-refractivity contribution in [3.05, 3.63) is 22.7 Å². The number of halogens is 1. The molecule has 0 amide bonds. The Morgan fingerprint density at radius 2 is 1.69 bits per heavy atom. The molecular weight excluding hydrogens is 232 g/mol. The van der Waals surface area contributed by atoms with Crippen LogP contribution < -0.4 is 9.47 Å². The summed E-state index contributed by atoms with van der Waals surface area (Å²) in [5.41, 5.74) is 0.512. The quantitative estimate of drug-likeness (QED) is 0.591. The molecule has 0 unspecified atom stereocenters. The zero-order chi connectivity index (χ0) is 12.3. The summed E-state index contributed by atoms with van der Waals surface area (Å²) in [5.74, 6) is -0.384. The van der Waals surface area contributed by atoms with Crippen molar-refractivity contribution in [2.75, 3.05) is 0 Å². The van der Waals surface area contributed by atoms with Crippen LogP contribution in [-0.4, -0.2) is 11.9 Å². The Bertz CT molecular complexity index is 440. The van der Waals surface area contributed by atoms with Crippen LogP contribution in [0, 0.1) is 6.92 Å². The van der Waals surface area contributed by atoms with E-state index >= 15 is 0 Å². The highest BCUT2D eigenvalue weighted by Crippen LogP contribution is 2.34. The van der Waals surface area contributed by atoms with Gasteiger partial charge in [0.05, 0.1) is 5.02 Å². The van der Waals surface area contributed by atoms with E-state index in [1.54, 1.807) is 13.0 Å². The third kappa shape index (κ3) is 2.97. The molecule has 0 aliphatic carbocycles. The second-order valence-electron chi connectivity index (χ2n) is 3.19. The number of carbonyl (C=O) groups is 2. The molecule has 0 aromatic heterocycles. The fourth-order valence-corrected chi connectivity index (χ4v) is 1.42. The standard InChI is InChI=1S/C11H11ClO4/c1-6-10(15-7(2)13)5-4-9(12)11(6)16-8(3)14/h4-5H,1-3H3. The summed E-state index contributed by atoms with van der Waals surface area (Å²) in [4.78, 5) is 21.7. The van der Waals surface area contributed by atoms with Crippen molar-refractivity contribution < 1.29 is 19.1 Å². The van der Waals surface area contributed by atoms with E-state index in [1.807, 2.05) is 0 Å². The molecule has 0 atom stereocenters. The highest BCUT2D eigenvalue weighted by molar-refractivity contribution is 6.32. The van der Waals surface area contributed by atoms with Crippen LogP contribution in [0.1, 0.15) is 19.4 Å². The van der Waals surface area contributed by atoms with Crippen molar-refractivity contribution in [2.45, 2.75) is 20.8 Å². The summed E-state index contributed by atoms with van der Waals surface area (Å²) in [6.45, 7) is 4.22. The molecule has 0 bridgehead atoms. The van der Waals surface area contributed by atoms with Gasteiger partial charge in [-0.05, 0) is 19.1 Å². The molecule has 86 valence electrons. The maximum Gasteiger partial charge on any atom is 0.308 e. The van der Waals surface area contributed by atoms with Crippen molar-refractivity contribution in [3.63, 3.8) is 0 Å². The Morgan fingerprint density at radius 3 is 2.19 bits per heavy atom. The van der Waals surface area contributed by atoms with Gasteiger partial charge in [0, 0.05) is 19.4 Å². The highest BCUT2D eigenvalue weighted by Gasteiger charge is 2.14. The Balaban J connectivity index is 3.15. The van der Waals surface area contributed by atoms with E-state index in [-0.39, 0.29) is 5.75 Å². The second kappa shape index (κ2) is 4.99. The maximum atomic E-state index is 10.9. The summed E-state index contributed by atoms with van der Waals surface area (Å²) in [6, 6.07) is 3.05. The predicted octanol–water partition coefficient (Wildman–Crippen LogP) is 2.50. The van der Waals surface area contributed by atoms with Gasteiger partial charge in [0.25, 0.3) is 0 Å². The summed E-state index contributed by atoms with van der Waals surface area (Å²) in [6.07, 6.45) is 0. The monoisotopic (exact) mass is 242 g/mol. The Kier molecular flexibility index (Phi) is 3.90. The Labute approximate surface area is 98.1 Å². The molecule has 4 nitrogen and oxygen atoms in total. The summed E-state index contributed by atoms with van der Waals surface area (Å²) >= 11 is 5.86. The van der Waals surface area contributed by atoms with Crippen LogP contribution in [0.5, 0.6) is 11.5 Å². The van der Waals surface area contributed by atoms with E-state index in [0.29, 0.717) is 16.3 Å². The molecule has 0 heterocycles. The highest BCUT2D eigenvalue weighted by atomic mass is 35.5. The van der Waals surface area contributed by atoms with Gasteiger partial charge in [-0.15, -0.1) is 0 Å². The molecule has 1 aromatic carbocycles. The van der Waals surface area contributed by atoms with E-state index in [2.05, 4.69) is 0 Å². The van der Waals surface area contributed by atoms with Gasteiger partial charge >= 0.3 is 11.9 Å². The fraction of sp³-hybridized carbons (Fsp3) is 0.273. The molecule has 5 heteroatoms. The van der Waals surface area contributed by atoms with E-state index in [9.17, 15) is 9.59 Å². The largest absolute Gasteiger partial charge is 0.426 e. The van der Waals surface area contributed by atoms with E-state index in [4.69, 9.17) is 21.1 Å². The molecule has 1 aromatic rings. The van der Waals surface area contributed by atoms with Gasteiger partial charge in [-0.25, -0.2) is 0 Å². The van der Waals surface area contributed by atoms with Crippen LogP contribution in [0.2, 0.25) is 5.02 Å². The molecule has 1 rings (SSSR count). The van der Waals surface area contributed by atoms with Gasteiger partial charge < -0.3 is 9.47 Å². The topological polar surface area (TPSA) is 52.6 Å². The van der Waals surface area contributed by atoms with E-state index in [0.717, 1.165) is 0 Å². The lowest BCUT2D eigenvalue weighted by molar-refractivity contribution is -0.132. The molecule has 0 aliphatic heterocycles. The Hall–Kier alpha value is -1.55. The normalized spacial score (nSPS) is 9.75. The Morgan fingerprint density at radius 1 is 1.12 bits per heavy atom. The number of rotatable bonds is 2. The lowest BCUT2D eigenvalue weighted by atomic mass is 10.2. The predicted molar refractivity (Wildman–Crippen MR) is 58.8 cm³/mol. The van der Waals surface area contributed by atoms with Gasteiger partial charge in [0.15, 0.2) is 5.75 Å². The fourth-order valence-electron chi connectivity index (χ4n) is 1.17. The lowest BCUT2D eigenvalue weighted by Crippen LogP contribution is -2.07. The van der Waals surface area contributed by atoms with Crippen LogP contribution in [-0.2, 0) is 9.59 Å². The molecule has 0 saturated carbocycles. The molecule has 0 spiro atoms. The summed E-state index contributed by atoms with van der Waals surface area (Å²) < 4.78 is 9.87. The lowest BCUT2D eigenvalue weighted by Gasteiger charge is -2.11. The van der Waals surface area contributed by atoms with Crippen molar-refractivity contribution >= 4 is 23.5 Å². The van der Waals surface area contributed by atoms with Crippen molar-refractivity contribution in [1.82, 2.24) is 0 Å². The molecule has 16 heavy (non-hydrogen) atoms. The van der Waals surface area contributed by atoms with Crippen LogP contribution in [0.4, 0.5) is 0 Å². The van der Waals surface area contributed by atoms with Gasteiger partial charge in [-0.1, -0.05) is 11.6 Å². The summed E-state index contributed by atoms with van der Waals surface area (Å²) in [7, 11) is 0. The van der Waals surface area contributed by atoms with Gasteiger partial charge in [-0.3, -0.25) is 9.59 Å². The minimum atomic E-state index is -0.482. The smallest absolute Gasteiger partial charge is 0.308 e. The molecule has 0 radical (unpaired) electrons. The number of esters is 2. The third-order valence-electron chi connectivity index (χ3n) is 1.81. The first-order valence-electron chi connectivity index (χ1n) is 4.57. The maximum absolute atomic E-state index is 10.9. The van der Waals surface area contributed by atoms with Gasteiger partial charge in [-0.2, -0.15) is 0 Å². The van der Waals surface area contributed by atoms with Crippen molar-refractivity contribution in [3.8, 4) is 11.5 Å². The first kappa shape index (κ1) is 12.5. The van der Waals surface area contributed by atoms with Crippen molar-refractivity contribution in [1.29, 1.82) is 0 Å². The van der Waals surface area contributed by atoms with Gasteiger partial charge in [0.1, 0.15) is 5.75 Å². The number of ether oxygens (including phenoxy) is 2. The van der Waals surface area contributed by atoms with E-state index < -0.39 is 11.9 Å². The average Bonchev–Trinajstić information content (AvgIpc) is 2.16. The molecule has 0 aliphatic rings. The average molecular weight is 243 g/mol. The molecule has 0 fully saturated rings. The molecule has 0 saturated heterocycles. The number of hydrogen-bond acceptors (Lipinski definition) is 4. The van der Waals surface area contributed by atoms with E-state index in [1.165, 1.54) is 19.9 Å².